The van der Waals surface area contributed by atoms with Gasteiger partial charge in [-0.3, -0.25) is 0 Å². The highest BCUT2D eigenvalue weighted by Gasteiger charge is 2.17. The Labute approximate surface area is 205 Å². The number of imidazole rings is 1. The van der Waals surface area contributed by atoms with Crippen LogP contribution in [0.2, 0.25) is 0 Å². The molecule has 0 saturated carbocycles. The first kappa shape index (κ1) is 21.8. The number of ether oxygens (including phenoxy) is 4. The van der Waals surface area contributed by atoms with Crippen LogP contribution in [0.4, 0.5) is 5.69 Å². The minimum Gasteiger partial charge on any atom is -0.496 e. The number of fused-ring (bicyclic) bond motifs is 2. The van der Waals surface area contributed by atoms with Gasteiger partial charge >= 0.3 is 0 Å². The van der Waals surface area contributed by atoms with Crippen LogP contribution in [0.3, 0.4) is 0 Å². The van der Waals surface area contributed by atoms with Crippen LogP contribution < -0.4 is 19.1 Å². The molecule has 180 valence electrons. The fourth-order valence-corrected chi connectivity index (χ4v) is 4.85. The van der Waals surface area contributed by atoms with Crippen molar-refractivity contribution in [3.8, 4) is 28.1 Å². The van der Waals surface area contributed by atoms with Crippen LogP contribution in [-0.4, -0.2) is 55.1 Å². The summed E-state index contributed by atoms with van der Waals surface area (Å²) < 4.78 is 30.2. The third kappa shape index (κ3) is 4.26. The first-order valence-electron chi connectivity index (χ1n) is 11.3. The Morgan fingerprint density at radius 1 is 1.06 bits per heavy atom. The topological polar surface area (TPSA) is 83.5 Å². The summed E-state index contributed by atoms with van der Waals surface area (Å²) in [5, 5.41) is 5.74. The van der Waals surface area contributed by atoms with Crippen molar-refractivity contribution in [3.63, 3.8) is 0 Å². The molecule has 10 heteroatoms. The molecule has 3 aromatic heterocycles. The highest BCUT2D eigenvalue weighted by atomic mass is 32.1. The van der Waals surface area contributed by atoms with Gasteiger partial charge in [0.25, 0.3) is 5.19 Å². The minimum absolute atomic E-state index is 0.422. The summed E-state index contributed by atoms with van der Waals surface area (Å²) in [4.78, 5) is 7.69. The van der Waals surface area contributed by atoms with Crippen LogP contribution in [0.25, 0.3) is 27.4 Å². The number of benzene rings is 2. The highest BCUT2D eigenvalue weighted by molar-refractivity contribution is 7.18. The molecule has 2 aromatic carbocycles. The molecular weight excluding hydrogens is 468 g/mol. The van der Waals surface area contributed by atoms with E-state index in [4.69, 9.17) is 23.4 Å². The lowest BCUT2D eigenvalue weighted by Gasteiger charge is -2.29. The van der Waals surface area contributed by atoms with Gasteiger partial charge in [0, 0.05) is 30.9 Å². The molecule has 1 aliphatic heterocycles. The summed E-state index contributed by atoms with van der Waals surface area (Å²) in [5.74, 6) is 1.98. The predicted molar refractivity (Wildman–Crippen MR) is 133 cm³/mol. The Morgan fingerprint density at radius 2 is 1.94 bits per heavy atom. The van der Waals surface area contributed by atoms with Gasteiger partial charge in [-0.1, -0.05) is 12.1 Å². The van der Waals surface area contributed by atoms with Crippen molar-refractivity contribution in [2.24, 2.45) is 0 Å². The molecule has 1 aliphatic rings. The maximum absolute atomic E-state index is 6.28. The molecule has 0 atom stereocenters. The lowest BCUT2D eigenvalue weighted by atomic mass is 10.2. The number of hydrogen-bond acceptors (Lipinski definition) is 9. The average molecular weight is 493 g/mol. The quantitative estimate of drug-likeness (QED) is 0.325. The van der Waals surface area contributed by atoms with E-state index in [-0.39, 0.29) is 0 Å². The molecule has 0 unspecified atom stereocenters. The van der Waals surface area contributed by atoms with E-state index in [0.29, 0.717) is 40.3 Å². The van der Waals surface area contributed by atoms with Gasteiger partial charge in [0.2, 0.25) is 4.96 Å². The van der Waals surface area contributed by atoms with Gasteiger partial charge in [0.05, 0.1) is 39.0 Å². The van der Waals surface area contributed by atoms with Gasteiger partial charge in [-0.15, -0.1) is 5.10 Å². The standard InChI is InChI=1S/C25H24N4O5S/c1-30-18-11-21(33-15-16-4-3-5-17(10-16)28-6-8-32-9-7-28)19-13-23(34-22(19)12-18)20-14-29-24(26-20)35-25(27-29)31-2/h3-5,10-14H,6-9,15H2,1-2H3. The van der Waals surface area contributed by atoms with Gasteiger partial charge in [-0.2, -0.15) is 0 Å². The number of rotatable bonds is 7. The number of morpholine rings is 1. The minimum atomic E-state index is 0.422. The first-order chi connectivity index (χ1) is 17.2. The second kappa shape index (κ2) is 9.12. The van der Waals surface area contributed by atoms with Crippen LogP contribution in [0.5, 0.6) is 16.7 Å². The Balaban J connectivity index is 1.28. The largest absolute Gasteiger partial charge is 0.496 e. The molecule has 5 aromatic rings. The first-order valence-corrected chi connectivity index (χ1v) is 12.1. The van der Waals surface area contributed by atoms with Crippen LogP contribution in [0.15, 0.2) is 53.1 Å². The lowest BCUT2D eigenvalue weighted by Crippen LogP contribution is -2.36. The Kier molecular flexibility index (Phi) is 5.67. The zero-order chi connectivity index (χ0) is 23.8. The third-order valence-electron chi connectivity index (χ3n) is 5.94. The van der Waals surface area contributed by atoms with Crippen molar-refractivity contribution in [1.29, 1.82) is 0 Å². The zero-order valence-corrected chi connectivity index (χ0v) is 20.2. The molecule has 1 saturated heterocycles. The number of hydrogen-bond donors (Lipinski definition) is 0. The van der Waals surface area contributed by atoms with Crippen LogP contribution in [0.1, 0.15) is 5.56 Å². The molecule has 0 amide bonds. The van der Waals surface area contributed by atoms with E-state index in [2.05, 4.69) is 39.2 Å². The fourth-order valence-electron chi connectivity index (χ4n) is 4.15. The molecule has 0 radical (unpaired) electrons. The van der Waals surface area contributed by atoms with Crippen molar-refractivity contribution in [2.45, 2.75) is 6.61 Å². The van der Waals surface area contributed by atoms with E-state index >= 15 is 0 Å². The van der Waals surface area contributed by atoms with E-state index in [1.165, 1.54) is 17.0 Å². The maximum Gasteiger partial charge on any atom is 0.294 e. The monoisotopic (exact) mass is 492 g/mol. The summed E-state index contributed by atoms with van der Waals surface area (Å²) in [6.45, 7) is 3.72. The highest BCUT2D eigenvalue weighted by Crippen LogP contribution is 2.37. The van der Waals surface area contributed by atoms with E-state index in [9.17, 15) is 0 Å². The number of aromatic nitrogens is 3. The van der Waals surface area contributed by atoms with Crippen molar-refractivity contribution < 1.29 is 23.4 Å². The van der Waals surface area contributed by atoms with Crippen molar-refractivity contribution >= 4 is 33.0 Å². The smallest absolute Gasteiger partial charge is 0.294 e. The van der Waals surface area contributed by atoms with Gasteiger partial charge in [0.1, 0.15) is 29.4 Å². The van der Waals surface area contributed by atoms with Crippen LogP contribution in [0, 0.1) is 0 Å². The number of nitrogens with zero attached hydrogens (tertiary/aromatic N) is 4. The zero-order valence-electron chi connectivity index (χ0n) is 19.4. The van der Waals surface area contributed by atoms with Gasteiger partial charge in [0.15, 0.2) is 5.76 Å². The molecule has 6 rings (SSSR count). The molecule has 4 heterocycles. The third-order valence-corrected chi connectivity index (χ3v) is 6.83. The SMILES string of the molecule is COc1cc(OCc2cccc(N3CCOCC3)c2)c2cc(-c3cn4nc(OC)sc4n3)oc2c1. The van der Waals surface area contributed by atoms with Gasteiger partial charge in [-0.25, -0.2) is 9.50 Å². The number of anilines is 1. The van der Waals surface area contributed by atoms with Gasteiger partial charge in [-0.05, 0) is 35.1 Å². The Bertz CT molecular complexity index is 1450. The summed E-state index contributed by atoms with van der Waals surface area (Å²) in [5.41, 5.74) is 3.62. The molecule has 0 aliphatic carbocycles. The van der Waals surface area contributed by atoms with Crippen molar-refractivity contribution in [3.05, 3.63) is 54.2 Å². The maximum atomic E-state index is 6.28. The van der Waals surface area contributed by atoms with Crippen LogP contribution >= 0.6 is 11.3 Å². The van der Waals surface area contributed by atoms with Crippen molar-refractivity contribution in [2.75, 3.05) is 45.4 Å². The van der Waals surface area contributed by atoms with E-state index in [0.717, 1.165) is 42.2 Å². The second-order valence-electron chi connectivity index (χ2n) is 8.13. The summed E-state index contributed by atoms with van der Waals surface area (Å²) in [7, 11) is 3.22. The van der Waals surface area contributed by atoms with E-state index in [1.807, 2.05) is 24.4 Å². The number of methoxy groups -OCH3 is 2. The molecule has 0 N–H and O–H groups in total. The van der Waals surface area contributed by atoms with E-state index < -0.39 is 0 Å². The molecule has 9 nitrogen and oxygen atoms in total. The Hall–Kier alpha value is -3.76. The average Bonchev–Trinajstić information content (AvgIpc) is 3.60. The van der Waals surface area contributed by atoms with Gasteiger partial charge < -0.3 is 28.3 Å². The van der Waals surface area contributed by atoms with E-state index in [1.54, 1.807) is 18.7 Å². The Morgan fingerprint density at radius 3 is 2.74 bits per heavy atom. The van der Waals surface area contributed by atoms with Crippen molar-refractivity contribution in [1.82, 2.24) is 14.6 Å². The lowest BCUT2D eigenvalue weighted by molar-refractivity contribution is 0.122. The summed E-state index contributed by atoms with van der Waals surface area (Å²) >= 11 is 1.37. The molecular formula is C25H24N4O5S. The molecule has 35 heavy (non-hydrogen) atoms. The summed E-state index contributed by atoms with van der Waals surface area (Å²) in [6.07, 6.45) is 1.82. The normalized spacial score (nSPS) is 14.1. The predicted octanol–water partition coefficient (Wildman–Crippen LogP) is 4.64. The molecule has 0 bridgehead atoms. The molecule has 1 fully saturated rings. The second-order valence-corrected chi connectivity index (χ2v) is 9.05. The number of furan rings is 1. The summed E-state index contributed by atoms with van der Waals surface area (Å²) in [6, 6.07) is 14.1. The molecule has 0 spiro atoms. The fraction of sp³-hybridized carbons (Fsp3) is 0.280. The van der Waals surface area contributed by atoms with Crippen LogP contribution in [-0.2, 0) is 11.3 Å².